The van der Waals surface area contributed by atoms with Gasteiger partial charge in [-0.05, 0) is 30.7 Å². The number of benzene rings is 1. The smallest absolute Gasteiger partial charge is 0.0635 e. The van der Waals surface area contributed by atoms with Crippen LogP contribution in [0.15, 0.2) is 18.2 Å². The first-order valence-electron chi connectivity index (χ1n) is 4.32. The highest BCUT2D eigenvalue weighted by atomic mass is 16.5. The van der Waals surface area contributed by atoms with Gasteiger partial charge in [0.05, 0.1) is 6.61 Å². The molecule has 0 unspecified atom stereocenters. The lowest BCUT2D eigenvalue weighted by Crippen LogP contribution is -2.07. The van der Waals surface area contributed by atoms with Crippen LogP contribution in [0.3, 0.4) is 0 Å². The van der Waals surface area contributed by atoms with Gasteiger partial charge >= 0.3 is 0 Å². The van der Waals surface area contributed by atoms with Crippen LogP contribution in [0.4, 0.5) is 11.4 Å². The van der Waals surface area contributed by atoms with Crippen LogP contribution in [-0.2, 0) is 4.74 Å². The second kappa shape index (κ2) is 4.72. The summed E-state index contributed by atoms with van der Waals surface area (Å²) in [5, 5.41) is 3.22. The van der Waals surface area contributed by atoms with E-state index in [1.54, 1.807) is 7.11 Å². The Labute approximate surface area is 78.9 Å². The molecule has 0 saturated carbocycles. The van der Waals surface area contributed by atoms with Gasteiger partial charge in [0.25, 0.3) is 0 Å². The van der Waals surface area contributed by atoms with Crippen molar-refractivity contribution in [1.82, 2.24) is 0 Å². The zero-order valence-corrected chi connectivity index (χ0v) is 8.13. The molecule has 0 spiro atoms. The SMILES string of the molecule is COCCNc1cc(C)cc(N)c1. The third-order valence-electron chi connectivity index (χ3n) is 1.73. The van der Waals surface area contributed by atoms with Crippen molar-refractivity contribution in [3.8, 4) is 0 Å². The molecule has 0 radical (unpaired) electrons. The predicted octanol–water partition coefficient (Wildman–Crippen LogP) is 1.64. The van der Waals surface area contributed by atoms with Gasteiger partial charge < -0.3 is 15.8 Å². The molecule has 0 amide bonds. The Morgan fingerprint density at radius 1 is 1.38 bits per heavy atom. The first kappa shape index (κ1) is 9.86. The number of nitrogens with one attached hydrogen (secondary N) is 1. The first-order chi connectivity index (χ1) is 6.22. The van der Waals surface area contributed by atoms with Gasteiger partial charge in [-0.1, -0.05) is 0 Å². The van der Waals surface area contributed by atoms with Crippen LogP contribution < -0.4 is 11.1 Å². The minimum absolute atomic E-state index is 0.702. The average molecular weight is 180 g/mol. The van der Waals surface area contributed by atoms with Gasteiger partial charge in [0, 0.05) is 25.0 Å². The van der Waals surface area contributed by atoms with E-state index < -0.39 is 0 Å². The van der Waals surface area contributed by atoms with Gasteiger partial charge in [0.15, 0.2) is 0 Å². The van der Waals surface area contributed by atoms with E-state index in [9.17, 15) is 0 Å². The molecule has 3 heteroatoms. The Balaban J connectivity index is 2.56. The molecule has 0 aliphatic carbocycles. The molecule has 0 aromatic heterocycles. The van der Waals surface area contributed by atoms with Crippen molar-refractivity contribution in [2.75, 3.05) is 31.3 Å². The summed E-state index contributed by atoms with van der Waals surface area (Å²) in [6.45, 7) is 3.53. The Morgan fingerprint density at radius 2 is 2.15 bits per heavy atom. The monoisotopic (exact) mass is 180 g/mol. The molecule has 0 fully saturated rings. The fourth-order valence-electron chi connectivity index (χ4n) is 1.21. The highest BCUT2D eigenvalue weighted by molar-refractivity contribution is 5.56. The van der Waals surface area contributed by atoms with E-state index in [0.29, 0.717) is 6.61 Å². The second-order valence-electron chi connectivity index (χ2n) is 3.05. The van der Waals surface area contributed by atoms with Crippen molar-refractivity contribution in [3.05, 3.63) is 23.8 Å². The molecule has 0 aliphatic rings. The molecule has 0 atom stereocenters. The number of anilines is 2. The van der Waals surface area contributed by atoms with E-state index in [0.717, 1.165) is 17.9 Å². The first-order valence-corrected chi connectivity index (χ1v) is 4.32. The summed E-state index contributed by atoms with van der Waals surface area (Å²) in [6, 6.07) is 5.93. The lowest BCUT2D eigenvalue weighted by Gasteiger charge is -2.07. The number of nitrogen functional groups attached to an aromatic ring is 1. The summed E-state index contributed by atoms with van der Waals surface area (Å²) < 4.78 is 4.93. The van der Waals surface area contributed by atoms with Gasteiger partial charge in [-0.2, -0.15) is 0 Å². The lowest BCUT2D eigenvalue weighted by atomic mass is 10.2. The number of nitrogens with two attached hydrogens (primary N) is 1. The summed E-state index contributed by atoms with van der Waals surface area (Å²) in [4.78, 5) is 0. The van der Waals surface area contributed by atoms with Gasteiger partial charge in [-0.15, -0.1) is 0 Å². The minimum atomic E-state index is 0.702. The van der Waals surface area contributed by atoms with E-state index in [1.807, 2.05) is 19.1 Å². The third-order valence-corrected chi connectivity index (χ3v) is 1.73. The second-order valence-corrected chi connectivity index (χ2v) is 3.05. The zero-order valence-electron chi connectivity index (χ0n) is 8.13. The van der Waals surface area contributed by atoms with Crippen molar-refractivity contribution in [2.24, 2.45) is 0 Å². The lowest BCUT2D eigenvalue weighted by molar-refractivity contribution is 0.211. The molecular formula is C10H16N2O. The van der Waals surface area contributed by atoms with Crippen LogP contribution in [0.2, 0.25) is 0 Å². The van der Waals surface area contributed by atoms with Crippen molar-refractivity contribution in [3.63, 3.8) is 0 Å². The Kier molecular flexibility index (Phi) is 3.58. The van der Waals surface area contributed by atoms with Crippen LogP contribution in [-0.4, -0.2) is 20.3 Å². The molecule has 0 aliphatic heterocycles. The van der Waals surface area contributed by atoms with Gasteiger partial charge in [0.2, 0.25) is 0 Å². The molecule has 3 nitrogen and oxygen atoms in total. The molecule has 0 heterocycles. The summed E-state index contributed by atoms with van der Waals surface area (Å²) in [5.74, 6) is 0. The quantitative estimate of drug-likeness (QED) is 0.547. The van der Waals surface area contributed by atoms with Crippen molar-refractivity contribution < 1.29 is 4.74 Å². The molecule has 1 rings (SSSR count). The largest absolute Gasteiger partial charge is 0.399 e. The van der Waals surface area contributed by atoms with E-state index >= 15 is 0 Å². The summed E-state index contributed by atoms with van der Waals surface area (Å²) in [7, 11) is 1.69. The number of methoxy groups -OCH3 is 1. The summed E-state index contributed by atoms with van der Waals surface area (Å²) in [6.07, 6.45) is 0. The Hall–Kier alpha value is -1.22. The average Bonchev–Trinajstić information content (AvgIpc) is 2.03. The van der Waals surface area contributed by atoms with E-state index in [-0.39, 0.29) is 0 Å². The number of ether oxygens (including phenoxy) is 1. The molecule has 13 heavy (non-hydrogen) atoms. The maximum atomic E-state index is 5.69. The highest BCUT2D eigenvalue weighted by Gasteiger charge is 1.94. The molecule has 72 valence electrons. The predicted molar refractivity (Wildman–Crippen MR) is 56.0 cm³/mol. The van der Waals surface area contributed by atoms with Gasteiger partial charge in [-0.25, -0.2) is 0 Å². The van der Waals surface area contributed by atoms with Crippen molar-refractivity contribution in [1.29, 1.82) is 0 Å². The number of hydrogen-bond acceptors (Lipinski definition) is 3. The van der Waals surface area contributed by atoms with E-state index in [4.69, 9.17) is 10.5 Å². The van der Waals surface area contributed by atoms with Gasteiger partial charge in [-0.3, -0.25) is 0 Å². The van der Waals surface area contributed by atoms with Crippen LogP contribution in [0.25, 0.3) is 0 Å². The molecule has 0 bridgehead atoms. The summed E-state index contributed by atoms with van der Waals surface area (Å²) >= 11 is 0. The molecule has 0 saturated heterocycles. The molecular weight excluding hydrogens is 164 g/mol. The van der Waals surface area contributed by atoms with Gasteiger partial charge in [0.1, 0.15) is 0 Å². The molecule has 3 N–H and O–H groups in total. The van der Waals surface area contributed by atoms with Crippen molar-refractivity contribution in [2.45, 2.75) is 6.92 Å². The van der Waals surface area contributed by atoms with Crippen LogP contribution >= 0.6 is 0 Å². The summed E-state index contributed by atoms with van der Waals surface area (Å²) in [5.41, 5.74) is 8.70. The van der Waals surface area contributed by atoms with Crippen LogP contribution in [0.1, 0.15) is 5.56 Å². The number of hydrogen-bond donors (Lipinski definition) is 2. The normalized spacial score (nSPS) is 10.0. The number of rotatable bonds is 4. The molecule has 1 aromatic rings. The maximum Gasteiger partial charge on any atom is 0.0635 e. The topological polar surface area (TPSA) is 47.3 Å². The Morgan fingerprint density at radius 3 is 2.77 bits per heavy atom. The van der Waals surface area contributed by atoms with Crippen LogP contribution in [0.5, 0.6) is 0 Å². The zero-order chi connectivity index (χ0) is 9.68. The van der Waals surface area contributed by atoms with E-state index in [2.05, 4.69) is 11.4 Å². The fraction of sp³-hybridized carbons (Fsp3) is 0.400. The minimum Gasteiger partial charge on any atom is -0.399 e. The van der Waals surface area contributed by atoms with Crippen molar-refractivity contribution >= 4 is 11.4 Å². The third kappa shape index (κ3) is 3.34. The van der Waals surface area contributed by atoms with E-state index in [1.165, 1.54) is 5.56 Å². The standard InChI is InChI=1S/C10H16N2O/c1-8-5-9(11)7-10(6-8)12-3-4-13-2/h5-7,12H,3-4,11H2,1-2H3. The fourth-order valence-corrected chi connectivity index (χ4v) is 1.21. The van der Waals surface area contributed by atoms with Crippen LogP contribution in [0, 0.1) is 6.92 Å². The highest BCUT2D eigenvalue weighted by Crippen LogP contribution is 2.15. The molecule has 1 aromatic carbocycles. The number of aryl methyl sites for hydroxylation is 1. The Bertz CT molecular complexity index is 253. The maximum absolute atomic E-state index is 5.69.